The number of hydrogen-bond acceptors (Lipinski definition) is 4. The number of hydrogen-bond donors (Lipinski definition) is 2. The fraction of sp³-hybridized carbons (Fsp3) is 1.00. The molecule has 82 valence electrons. The van der Waals surface area contributed by atoms with Crippen LogP contribution >= 0.6 is 0 Å². The van der Waals surface area contributed by atoms with E-state index in [1.54, 1.807) is 0 Å². The van der Waals surface area contributed by atoms with Crippen molar-refractivity contribution in [3.63, 3.8) is 0 Å². The molecule has 0 aromatic heterocycles. The smallest absolute Gasteiger partial charge is 0.0644 e. The highest BCUT2D eigenvalue weighted by Gasteiger charge is 2.29. The van der Waals surface area contributed by atoms with Gasteiger partial charge >= 0.3 is 0 Å². The minimum atomic E-state index is 0.216. The summed E-state index contributed by atoms with van der Waals surface area (Å²) in [6.07, 6.45) is 2.50. The zero-order valence-corrected chi connectivity index (χ0v) is 8.61. The molecule has 0 amide bonds. The van der Waals surface area contributed by atoms with Gasteiger partial charge in [0.25, 0.3) is 0 Å². The van der Waals surface area contributed by atoms with Crippen LogP contribution in [0.3, 0.4) is 0 Å². The van der Waals surface area contributed by atoms with Gasteiger partial charge in [0.1, 0.15) is 0 Å². The predicted molar refractivity (Wildman–Crippen MR) is 54.3 cm³/mol. The summed E-state index contributed by atoms with van der Waals surface area (Å²) in [5.41, 5.74) is 0. The second-order valence-electron chi connectivity index (χ2n) is 4.15. The third-order valence-electron chi connectivity index (χ3n) is 3.22. The van der Waals surface area contributed by atoms with Gasteiger partial charge < -0.3 is 15.2 Å². The molecule has 2 unspecified atom stereocenters. The van der Waals surface area contributed by atoms with Crippen molar-refractivity contribution in [1.29, 1.82) is 0 Å². The van der Waals surface area contributed by atoms with Crippen LogP contribution in [0.4, 0.5) is 0 Å². The standard InChI is InChI=1S/C10H20N2O2/c13-7-10-8-14-5-4-12(10)9-2-1-3-11-6-9/h9-11,13H,1-8H2. The Kier molecular flexibility index (Phi) is 3.75. The van der Waals surface area contributed by atoms with E-state index in [2.05, 4.69) is 10.2 Å². The molecule has 2 N–H and O–H groups in total. The lowest BCUT2D eigenvalue weighted by Gasteiger charge is -2.41. The van der Waals surface area contributed by atoms with Crippen molar-refractivity contribution in [2.45, 2.75) is 24.9 Å². The first-order valence-electron chi connectivity index (χ1n) is 5.57. The topological polar surface area (TPSA) is 44.7 Å². The Morgan fingerprint density at radius 1 is 1.50 bits per heavy atom. The van der Waals surface area contributed by atoms with Crippen molar-refractivity contribution in [2.75, 3.05) is 39.5 Å². The van der Waals surface area contributed by atoms with Crippen molar-refractivity contribution < 1.29 is 9.84 Å². The second kappa shape index (κ2) is 5.07. The van der Waals surface area contributed by atoms with E-state index in [-0.39, 0.29) is 12.6 Å². The van der Waals surface area contributed by atoms with E-state index >= 15 is 0 Å². The lowest BCUT2D eigenvalue weighted by molar-refractivity contribution is -0.0507. The molecule has 0 aliphatic carbocycles. The summed E-state index contributed by atoms with van der Waals surface area (Å²) in [5, 5.41) is 12.7. The van der Waals surface area contributed by atoms with Gasteiger partial charge in [0.15, 0.2) is 0 Å². The molecule has 14 heavy (non-hydrogen) atoms. The molecule has 0 radical (unpaired) electrons. The molecule has 2 heterocycles. The van der Waals surface area contributed by atoms with Gasteiger partial charge in [-0.25, -0.2) is 0 Å². The molecule has 2 aliphatic rings. The van der Waals surface area contributed by atoms with Crippen LogP contribution in [0, 0.1) is 0 Å². The van der Waals surface area contributed by atoms with Crippen LogP contribution in [0.1, 0.15) is 12.8 Å². The maximum Gasteiger partial charge on any atom is 0.0644 e. The van der Waals surface area contributed by atoms with Crippen LogP contribution in [0.25, 0.3) is 0 Å². The van der Waals surface area contributed by atoms with E-state index in [9.17, 15) is 5.11 Å². The SMILES string of the molecule is OCC1COCCN1C1CCCNC1. The molecule has 2 atom stereocenters. The van der Waals surface area contributed by atoms with Gasteiger partial charge in [0, 0.05) is 19.1 Å². The van der Waals surface area contributed by atoms with Crippen molar-refractivity contribution in [3.8, 4) is 0 Å². The Hall–Kier alpha value is -0.160. The molecule has 0 aromatic carbocycles. The molecular formula is C10H20N2O2. The van der Waals surface area contributed by atoms with Crippen molar-refractivity contribution in [3.05, 3.63) is 0 Å². The predicted octanol–water partition coefficient (Wildman–Crippen LogP) is -0.568. The van der Waals surface area contributed by atoms with Gasteiger partial charge in [-0.2, -0.15) is 0 Å². The Bertz CT molecular complexity index is 172. The lowest BCUT2D eigenvalue weighted by atomic mass is 10.0. The van der Waals surface area contributed by atoms with Crippen molar-refractivity contribution >= 4 is 0 Å². The number of ether oxygens (including phenoxy) is 1. The average Bonchev–Trinajstić information content (AvgIpc) is 2.30. The number of piperidine rings is 1. The third kappa shape index (κ3) is 2.25. The summed E-state index contributed by atoms with van der Waals surface area (Å²) in [7, 11) is 0. The quantitative estimate of drug-likeness (QED) is 0.627. The minimum Gasteiger partial charge on any atom is -0.395 e. The maximum atomic E-state index is 9.25. The van der Waals surface area contributed by atoms with E-state index in [1.165, 1.54) is 12.8 Å². The van der Waals surface area contributed by atoms with Crippen LogP contribution < -0.4 is 5.32 Å². The van der Waals surface area contributed by atoms with Crippen LogP contribution in [-0.4, -0.2) is 61.5 Å². The average molecular weight is 200 g/mol. The number of aliphatic hydroxyl groups excluding tert-OH is 1. The fourth-order valence-corrected chi connectivity index (χ4v) is 2.42. The molecular weight excluding hydrogens is 180 g/mol. The summed E-state index contributed by atoms with van der Waals surface area (Å²) >= 11 is 0. The molecule has 4 nitrogen and oxygen atoms in total. The summed E-state index contributed by atoms with van der Waals surface area (Å²) in [5.74, 6) is 0. The van der Waals surface area contributed by atoms with Gasteiger partial charge in [-0.15, -0.1) is 0 Å². The first kappa shape index (κ1) is 10.4. The number of nitrogens with zero attached hydrogens (tertiary/aromatic N) is 1. The first-order valence-corrected chi connectivity index (χ1v) is 5.57. The highest BCUT2D eigenvalue weighted by Crippen LogP contribution is 2.16. The summed E-state index contributed by atoms with van der Waals surface area (Å²) < 4.78 is 5.37. The Morgan fingerprint density at radius 3 is 3.14 bits per heavy atom. The molecule has 2 aliphatic heterocycles. The zero-order chi connectivity index (χ0) is 9.80. The third-order valence-corrected chi connectivity index (χ3v) is 3.22. The molecule has 0 spiro atoms. The molecule has 2 rings (SSSR count). The Balaban J connectivity index is 1.91. The van der Waals surface area contributed by atoms with Gasteiger partial charge in [0.05, 0.1) is 25.9 Å². The van der Waals surface area contributed by atoms with E-state index in [0.717, 1.165) is 26.2 Å². The number of rotatable bonds is 2. The first-order chi connectivity index (χ1) is 6.92. The van der Waals surface area contributed by atoms with Gasteiger partial charge in [-0.05, 0) is 19.4 Å². The Morgan fingerprint density at radius 2 is 2.43 bits per heavy atom. The molecule has 2 fully saturated rings. The highest BCUT2D eigenvalue weighted by molar-refractivity contribution is 4.85. The fourth-order valence-electron chi connectivity index (χ4n) is 2.42. The lowest BCUT2D eigenvalue weighted by Crippen LogP contribution is -2.56. The van der Waals surface area contributed by atoms with Crippen LogP contribution in [0.2, 0.25) is 0 Å². The van der Waals surface area contributed by atoms with Crippen LogP contribution in [0.15, 0.2) is 0 Å². The zero-order valence-electron chi connectivity index (χ0n) is 8.61. The number of nitrogens with one attached hydrogen (secondary N) is 1. The summed E-state index contributed by atoms with van der Waals surface area (Å²) in [4.78, 5) is 2.41. The molecule has 4 heteroatoms. The number of aliphatic hydroxyl groups is 1. The van der Waals surface area contributed by atoms with Crippen molar-refractivity contribution in [2.24, 2.45) is 0 Å². The molecule has 0 aromatic rings. The van der Waals surface area contributed by atoms with Gasteiger partial charge in [0.2, 0.25) is 0 Å². The second-order valence-corrected chi connectivity index (χ2v) is 4.15. The van der Waals surface area contributed by atoms with E-state index in [1.807, 2.05) is 0 Å². The maximum absolute atomic E-state index is 9.25. The molecule has 0 bridgehead atoms. The summed E-state index contributed by atoms with van der Waals surface area (Å²) in [6, 6.07) is 0.818. The van der Waals surface area contributed by atoms with Crippen LogP contribution in [-0.2, 0) is 4.74 Å². The summed E-state index contributed by atoms with van der Waals surface area (Å²) in [6.45, 7) is 4.90. The molecule has 2 saturated heterocycles. The largest absolute Gasteiger partial charge is 0.395 e. The normalized spacial score (nSPS) is 35.8. The minimum absolute atomic E-state index is 0.216. The highest BCUT2D eigenvalue weighted by atomic mass is 16.5. The van der Waals surface area contributed by atoms with Crippen LogP contribution in [0.5, 0.6) is 0 Å². The Labute approximate surface area is 85.2 Å². The van der Waals surface area contributed by atoms with Crippen molar-refractivity contribution in [1.82, 2.24) is 10.2 Å². The molecule has 0 saturated carbocycles. The number of morpholine rings is 1. The van der Waals surface area contributed by atoms with E-state index in [4.69, 9.17) is 4.74 Å². The van der Waals surface area contributed by atoms with E-state index in [0.29, 0.717) is 12.6 Å². The monoisotopic (exact) mass is 200 g/mol. The van der Waals surface area contributed by atoms with Gasteiger partial charge in [-0.1, -0.05) is 0 Å². The van der Waals surface area contributed by atoms with Gasteiger partial charge in [-0.3, -0.25) is 4.90 Å². The van der Waals surface area contributed by atoms with E-state index < -0.39 is 0 Å².